The number of carbonyl (C=O) groups excluding carboxylic acids is 2. The Hall–Kier alpha value is -2.72. The number of hydrogen-bond acceptors (Lipinski definition) is 6. The molecule has 1 unspecified atom stereocenters. The largest absolute Gasteiger partial charge is 0.360 e. The van der Waals surface area contributed by atoms with E-state index < -0.39 is 21.3 Å². The molecule has 2 amide bonds. The molecule has 0 spiro atoms. The number of hydrogen-bond donors (Lipinski definition) is 1. The molecule has 3 heterocycles. The molecule has 1 fully saturated rings. The van der Waals surface area contributed by atoms with E-state index in [-0.39, 0.29) is 23.2 Å². The molecule has 9 nitrogen and oxygen atoms in total. The Morgan fingerprint density at radius 1 is 1.31 bits per heavy atom. The maximum absolute atomic E-state index is 13.2. The van der Waals surface area contributed by atoms with E-state index in [4.69, 9.17) is 4.52 Å². The van der Waals surface area contributed by atoms with Gasteiger partial charge >= 0.3 is 0 Å². The fraction of sp³-hybridized carbons (Fsp3) is 0.500. The Morgan fingerprint density at radius 2 is 2.06 bits per heavy atom. The van der Waals surface area contributed by atoms with E-state index in [1.165, 1.54) is 15.3 Å². The van der Waals surface area contributed by atoms with Gasteiger partial charge in [-0.15, -0.1) is 0 Å². The number of anilines is 2. The topological polar surface area (TPSA) is 113 Å². The summed E-state index contributed by atoms with van der Waals surface area (Å²) in [6.45, 7) is 8.03. The highest BCUT2D eigenvalue weighted by Gasteiger charge is 2.45. The average molecular weight is 461 g/mol. The second-order valence-corrected chi connectivity index (χ2v) is 11.1. The molecule has 0 aliphatic carbocycles. The minimum absolute atomic E-state index is 0.176. The first kappa shape index (κ1) is 22.5. The smallest absolute Gasteiger partial charge is 0.245 e. The van der Waals surface area contributed by atoms with Gasteiger partial charge in [0.05, 0.1) is 10.3 Å². The van der Waals surface area contributed by atoms with Crippen molar-refractivity contribution in [1.82, 2.24) is 9.46 Å². The summed E-state index contributed by atoms with van der Waals surface area (Å²) < 4.78 is 32.9. The highest BCUT2D eigenvalue weighted by atomic mass is 32.2. The van der Waals surface area contributed by atoms with Crippen LogP contribution in [0.1, 0.15) is 44.9 Å². The molecule has 1 atom stereocenters. The minimum Gasteiger partial charge on any atom is -0.360 e. The van der Waals surface area contributed by atoms with Gasteiger partial charge in [-0.05, 0) is 63.3 Å². The van der Waals surface area contributed by atoms with Crippen molar-refractivity contribution in [3.05, 3.63) is 35.6 Å². The summed E-state index contributed by atoms with van der Waals surface area (Å²) in [5.74, 6) is 0.458. The molecule has 172 valence electrons. The normalized spacial score (nSPS) is 20.9. The van der Waals surface area contributed by atoms with Crippen molar-refractivity contribution in [3.63, 3.8) is 0 Å². The first-order valence-electron chi connectivity index (χ1n) is 10.7. The lowest BCUT2D eigenvalue weighted by molar-refractivity contribution is -0.124. The lowest BCUT2D eigenvalue weighted by Gasteiger charge is -2.30. The second-order valence-electron chi connectivity index (χ2n) is 9.18. The Kier molecular flexibility index (Phi) is 5.62. The molecule has 32 heavy (non-hydrogen) atoms. The minimum atomic E-state index is -3.66. The lowest BCUT2D eigenvalue weighted by Crippen LogP contribution is -2.40. The molecular weight excluding hydrogens is 432 g/mol. The quantitative estimate of drug-likeness (QED) is 0.734. The number of amides is 2. The van der Waals surface area contributed by atoms with Crippen LogP contribution in [-0.4, -0.2) is 49.3 Å². The number of aromatic nitrogens is 1. The molecule has 1 aromatic heterocycles. The van der Waals surface area contributed by atoms with E-state index in [9.17, 15) is 18.0 Å². The van der Waals surface area contributed by atoms with Crippen molar-refractivity contribution in [2.75, 3.05) is 29.9 Å². The number of nitrogens with one attached hydrogen (secondary N) is 1. The van der Waals surface area contributed by atoms with Crippen molar-refractivity contribution < 1.29 is 22.5 Å². The number of rotatable bonds is 5. The van der Waals surface area contributed by atoms with Crippen LogP contribution in [0.5, 0.6) is 0 Å². The first-order valence-corrected chi connectivity index (χ1v) is 12.1. The van der Waals surface area contributed by atoms with Crippen LogP contribution in [-0.2, 0) is 25.0 Å². The molecule has 1 aromatic carbocycles. The molecule has 1 N–H and O–H groups in total. The number of nitrogens with zero attached hydrogens (tertiary/aromatic N) is 3. The predicted molar refractivity (Wildman–Crippen MR) is 119 cm³/mol. The van der Waals surface area contributed by atoms with Crippen molar-refractivity contribution in [3.8, 4) is 0 Å². The summed E-state index contributed by atoms with van der Waals surface area (Å²) in [7, 11) is -3.66. The predicted octanol–water partition coefficient (Wildman–Crippen LogP) is 2.67. The standard InChI is InChI=1S/C22H28N4O5S/c1-14-6-5-9-25(12-14)32(29,30)16-7-8-18-17(11-16)22(3,4)21(28)26(18)13-20(27)23-19-10-15(2)31-24-19/h7-8,10-11,14H,5-6,9,12-13H2,1-4H3,(H,23,24,27). The van der Waals surface area contributed by atoms with Gasteiger partial charge in [0.15, 0.2) is 5.82 Å². The molecule has 0 bridgehead atoms. The SMILES string of the molecule is Cc1cc(NC(=O)CN2C(=O)C(C)(C)c3cc(S(=O)(=O)N4CCCC(C)C4)ccc32)no1. The van der Waals surface area contributed by atoms with E-state index in [2.05, 4.69) is 17.4 Å². The zero-order chi connectivity index (χ0) is 23.3. The number of carbonyl (C=O) groups is 2. The van der Waals surface area contributed by atoms with E-state index in [1.54, 1.807) is 39.0 Å². The second kappa shape index (κ2) is 8.00. The molecule has 2 aliphatic rings. The van der Waals surface area contributed by atoms with Gasteiger partial charge < -0.3 is 14.7 Å². The summed E-state index contributed by atoms with van der Waals surface area (Å²) in [5.41, 5.74) is 0.178. The van der Waals surface area contributed by atoms with Gasteiger partial charge in [0.25, 0.3) is 0 Å². The molecule has 1 saturated heterocycles. The Morgan fingerprint density at radius 3 is 2.72 bits per heavy atom. The molecule has 10 heteroatoms. The number of fused-ring (bicyclic) bond motifs is 1. The van der Waals surface area contributed by atoms with Crippen molar-refractivity contribution in [1.29, 1.82) is 0 Å². The molecule has 2 aromatic rings. The van der Waals surface area contributed by atoms with Gasteiger partial charge in [0.2, 0.25) is 21.8 Å². The fourth-order valence-electron chi connectivity index (χ4n) is 4.40. The third-order valence-corrected chi connectivity index (χ3v) is 8.03. The van der Waals surface area contributed by atoms with E-state index in [0.29, 0.717) is 36.0 Å². The van der Waals surface area contributed by atoms with Gasteiger partial charge in [0.1, 0.15) is 12.3 Å². The van der Waals surface area contributed by atoms with E-state index >= 15 is 0 Å². The number of aryl methyl sites for hydroxylation is 1. The Bertz CT molecular complexity index is 1170. The molecule has 2 aliphatic heterocycles. The maximum Gasteiger partial charge on any atom is 0.245 e. The monoisotopic (exact) mass is 460 g/mol. The van der Waals surface area contributed by atoms with Crippen molar-refractivity contribution in [2.24, 2.45) is 5.92 Å². The van der Waals surface area contributed by atoms with Crippen molar-refractivity contribution in [2.45, 2.75) is 50.8 Å². The van der Waals surface area contributed by atoms with Crippen molar-refractivity contribution >= 4 is 33.3 Å². The van der Waals surface area contributed by atoms with Gasteiger partial charge in [-0.1, -0.05) is 12.1 Å². The number of piperidine rings is 1. The zero-order valence-corrected chi connectivity index (χ0v) is 19.5. The van der Waals surface area contributed by atoms with Crippen LogP contribution >= 0.6 is 0 Å². The zero-order valence-electron chi connectivity index (χ0n) is 18.7. The Balaban J connectivity index is 1.61. The van der Waals surface area contributed by atoms with Crippen LogP contribution in [0.15, 0.2) is 33.7 Å². The number of sulfonamides is 1. The third kappa shape index (κ3) is 3.93. The average Bonchev–Trinajstić information content (AvgIpc) is 3.22. The highest BCUT2D eigenvalue weighted by Crippen LogP contribution is 2.43. The van der Waals surface area contributed by atoms with Gasteiger partial charge in [0, 0.05) is 24.8 Å². The fourth-order valence-corrected chi connectivity index (χ4v) is 6.02. The number of benzene rings is 1. The molecule has 0 saturated carbocycles. The van der Waals surface area contributed by atoms with Gasteiger partial charge in [-0.25, -0.2) is 8.42 Å². The summed E-state index contributed by atoms with van der Waals surface area (Å²) >= 11 is 0. The summed E-state index contributed by atoms with van der Waals surface area (Å²) in [4.78, 5) is 27.2. The first-order chi connectivity index (χ1) is 15.0. The van der Waals surface area contributed by atoms with Crippen LogP contribution in [0.25, 0.3) is 0 Å². The van der Waals surface area contributed by atoms with Crippen LogP contribution in [0.2, 0.25) is 0 Å². The molecule has 0 radical (unpaired) electrons. The van der Waals surface area contributed by atoms with E-state index in [0.717, 1.165) is 12.8 Å². The van der Waals surface area contributed by atoms with Crippen LogP contribution in [0, 0.1) is 12.8 Å². The Labute approximate surface area is 187 Å². The van der Waals surface area contributed by atoms with Crippen LogP contribution in [0.3, 0.4) is 0 Å². The summed E-state index contributed by atoms with van der Waals surface area (Å²) in [5, 5.41) is 6.34. The third-order valence-electron chi connectivity index (χ3n) is 6.17. The van der Waals surface area contributed by atoms with E-state index in [1.807, 2.05) is 0 Å². The maximum atomic E-state index is 13.2. The van der Waals surface area contributed by atoms with Gasteiger partial charge in [-0.3, -0.25) is 9.59 Å². The summed E-state index contributed by atoms with van der Waals surface area (Å²) in [6.07, 6.45) is 1.85. The molecular formula is C22H28N4O5S. The van der Waals surface area contributed by atoms with Gasteiger partial charge in [-0.2, -0.15) is 4.31 Å². The van der Waals surface area contributed by atoms with Crippen LogP contribution in [0.4, 0.5) is 11.5 Å². The lowest BCUT2D eigenvalue weighted by atomic mass is 9.86. The molecule has 4 rings (SSSR count). The highest BCUT2D eigenvalue weighted by molar-refractivity contribution is 7.89. The van der Waals surface area contributed by atoms with Crippen LogP contribution < -0.4 is 10.2 Å². The summed E-state index contributed by atoms with van der Waals surface area (Å²) in [6, 6.07) is 6.31.